The first-order valence-electron chi connectivity index (χ1n) is 6.44. The van der Waals surface area contributed by atoms with E-state index in [1.165, 1.54) is 7.11 Å². The molecule has 0 radical (unpaired) electrons. The number of ether oxygens (including phenoxy) is 1. The van der Waals surface area contributed by atoms with Crippen LogP contribution in [0.25, 0.3) is 0 Å². The number of hydrogen-bond donors (Lipinski definition) is 1. The summed E-state index contributed by atoms with van der Waals surface area (Å²) in [5.74, 6) is -1.44. The van der Waals surface area contributed by atoms with Crippen molar-refractivity contribution < 1.29 is 19.4 Å². The van der Waals surface area contributed by atoms with Crippen molar-refractivity contribution in [2.75, 3.05) is 7.11 Å². The number of methoxy groups -OCH3 is 1. The van der Waals surface area contributed by atoms with E-state index in [-0.39, 0.29) is 11.3 Å². The van der Waals surface area contributed by atoms with Gasteiger partial charge in [0.15, 0.2) is 11.5 Å². The van der Waals surface area contributed by atoms with Crippen molar-refractivity contribution in [3.05, 3.63) is 59.1 Å². The van der Waals surface area contributed by atoms with Crippen molar-refractivity contribution in [3.63, 3.8) is 0 Å². The Balaban J connectivity index is 2.03. The highest BCUT2D eigenvalue weighted by molar-refractivity contribution is 6.20. The maximum Gasteiger partial charge on any atom is 0.227 e. The Morgan fingerprint density at radius 2 is 1.80 bits per heavy atom. The lowest BCUT2D eigenvalue weighted by molar-refractivity contribution is -0.119. The summed E-state index contributed by atoms with van der Waals surface area (Å²) >= 11 is 0. The highest BCUT2D eigenvalue weighted by Gasteiger charge is 2.28. The summed E-state index contributed by atoms with van der Waals surface area (Å²) in [5.41, 5.74) is 1.30. The molecule has 0 aromatic heterocycles. The maximum absolute atomic E-state index is 12.0. The van der Waals surface area contributed by atoms with Gasteiger partial charge in [0.2, 0.25) is 11.6 Å². The van der Waals surface area contributed by atoms with Gasteiger partial charge in [-0.1, -0.05) is 30.3 Å². The van der Waals surface area contributed by atoms with Crippen LogP contribution >= 0.6 is 0 Å². The molecule has 104 valence electrons. The molecule has 0 unspecified atom stereocenters. The molecule has 0 saturated carbocycles. The minimum Gasteiger partial charge on any atom is -0.504 e. The number of rotatable bonds is 5. The zero-order valence-corrected chi connectivity index (χ0v) is 11.3. The van der Waals surface area contributed by atoms with Gasteiger partial charge >= 0.3 is 0 Å². The molecule has 1 N–H and O–H groups in total. The van der Waals surface area contributed by atoms with E-state index in [2.05, 4.69) is 0 Å². The van der Waals surface area contributed by atoms with Crippen LogP contribution in [-0.4, -0.2) is 23.8 Å². The fourth-order valence-electron chi connectivity index (χ4n) is 2.16. The van der Waals surface area contributed by atoms with E-state index in [1.54, 1.807) is 0 Å². The van der Waals surface area contributed by atoms with E-state index < -0.39 is 17.3 Å². The van der Waals surface area contributed by atoms with Crippen LogP contribution < -0.4 is 0 Å². The van der Waals surface area contributed by atoms with E-state index in [4.69, 9.17) is 4.74 Å². The number of benzene rings is 1. The molecular weight excluding hydrogens is 256 g/mol. The number of hydrogen-bond acceptors (Lipinski definition) is 4. The van der Waals surface area contributed by atoms with Gasteiger partial charge in [-0.05, 0) is 24.8 Å². The summed E-state index contributed by atoms with van der Waals surface area (Å²) in [7, 11) is 1.33. The van der Waals surface area contributed by atoms with Crippen LogP contribution in [0.5, 0.6) is 0 Å². The third-order valence-electron chi connectivity index (χ3n) is 3.23. The second-order valence-electron chi connectivity index (χ2n) is 4.57. The standard InChI is InChI=1S/C16H16O4/c1-20-14-10-13(17)15(18)12(16(14)19)9-5-8-11-6-3-2-4-7-11/h2-4,6-7,10,18H,5,8-9H2,1H3. The maximum atomic E-state index is 12.0. The van der Waals surface area contributed by atoms with Gasteiger partial charge in [-0.15, -0.1) is 0 Å². The molecule has 1 aliphatic rings. The number of aliphatic hydroxyl groups is 1. The van der Waals surface area contributed by atoms with E-state index in [9.17, 15) is 14.7 Å². The van der Waals surface area contributed by atoms with E-state index in [0.29, 0.717) is 12.8 Å². The summed E-state index contributed by atoms with van der Waals surface area (Å²) in [5, 5.41) is 9.73. The predicted molar refractivity (Wildman–Crippen MR) is 74.1 cm³/mol. The van der Waals surface area contributed by atoms with Gasteiger partial charge in [-0.25, -0.2) is 0 Å². The zero-order chi connectivity index (χ0) is 14.5. The number of aryl methyl sites for hydroxylation is 1. The smallest absolute Gasteiger partial charge is 0.227 e. The molecular formula is C16H16O4. The minimum absolute atomic E-state index is 0.0116. The van der Waals surface area contributed by atoms with E-state index in [0.717, 1.165) is 18.1 Å². The van der Waals surface area contributed by atoms with Gasteiger partial charge in [-0.2, -0.15) is 0 Å². The number of carbonyl (C=O) groups is 2. The Morgan fingerprint density at radius 1 is 1.10 bits per heavy atom. The molecule has 0 aliphatic heterocycles. The number of ketones is 2. The molecule has 1 aliphatic carbocycles. The summed E-state index contributed by atoms with van der Waals surface area (Å²) < 4.78 is 4.86. The first kappa shape index (κ1) is 14.1. The van der Waals surface area contributed by atoms with Gasteiger partial charge in [0.05, 0.1) is 7.11 Å². The van der Waals surface area contributed by atoms with Crippen molar-refractivity contribution in [1.29, 1.82) is 0 Å². The molecule has 1 aromatic rings. The number of Topliss-reactive ketones (excluding diaryl/α,β-unsaturated/α-hetero) is 1. The Hall–Kier alpha value is -2.36. The molecule has 0 atom stereocenters. The zero-order valence-electron chi connectivity index (χ0n) is 11.3. The van der Waals surface area contributed by atoms with Crippen LogP contribution in [0, 0.1) is 0 Å². The lowest BCUT2D eigenvalue weighted by Crippen LogP contribution is -2.20. The van der Waals surface area contributed by atoms with Gasteiger partial charge in [0.25, 0.3) is 0 Å². The topological polar surface area (TPSA) is 63.6 Å². The van der Waals surface area contributed by atoms with Crippen LogP contribution in [0.15, 0.2) is 53.5 Å². The molecule has 4 heteroatoms. The fraction of sp³-hybridized carbons (Fsp3) is 0.250. The third kappa shape index (κ3) is 2.96. The summed E-state index contributed by atoms with van der Waals surface area (Å²) in [6, 6.07) is 9.85. The van der Waals surface area contributed by atoms with Gasteiger partial charge in [0, 0.05) is 11.6 Å². The van der Waals surface area contributed by atoms with Crippen molar-refractivity contribution in [2.24, 2.45) is 0 Å². The molecule has 0 fully saturated rings. The number of allylic oxidation sites excluding steroid dienone is 2. The summed E-state index contributed by atoms with van der Waals surface area (Å²) in [6.45, 7) is 0. The molecule has 20 heavy (non-hydrogen) atoms. The second-order valence-corrected chi connectivity index (χ2v) is 4.57. The highest BCUT2D eigenvalue weighted by atomic mass is 16.5. The Morgan fingerprint density at radius 3 is 2.45 bits per heavy atom. The van der Waals surface area contributed by atoms with Crippen LogP contribution in [0.3, 0.4) is 0 Å². The average Bonchev–Trinajstić information content (AvgIpc) is 2.47. The molecule has 0 heterocycles. The Kier molecular flexibility index (Phi) is 4.35. The van der Waals surface area contributed by atoms with Crippen molar-refractivity contribution in [1.82, 2.24) is 0 Å². The van der Waals surface area contributed by atoms with E-state index >= 15 is 0 Å². The van der Waals surface area contributed by atoms with Gasteiger partial charge in [-0.3, -0.25) is 9.59 Å². The molecule has 4 nitrogen and oxygen atoms in total. The quantitative estimate of drug-likeness (QED) is 0.836. The largest absolute Gasteiger partial charge is 0.504 e. The second kappa shape index (κ2) is 6.19. The van der Waals surface area contributed by atoms with Crippen molar-refractivity contribution in [2.45, 2.75) is 19.3 Å². The number of carbonyl (C=O) groups excluding carboxylic acids is 2. The SMILES string of the molecule is COC1=CC(=O)C(O)=C(CCCc2ccccc2)C1=O. The molecule has 2 rings (SSSR count). The predicted octanol–water partition coefficient (Wildman–Crippen LogP) is 2.50. The molecule has 1 aromatic carbocycles. The molecule has 0 amide bonds. The van der Waals surface area contributed by atoms with Crippen LogP contribution in [0.1, 0.15) is 18.4 Å². The van der Waals surface area contributed by atoms with Crippen molar-refractivity contribution >= 4 is 11.6 Å². The Bertz CT molecular complexity index is 582. The number of aliphatic hydroxyl groups excluding tert-OH is 1. The van der Waals surface area contributed by atoms with Gasteiger partial charge < -0.3 is 9.84 Å². The lowest BCUT2D eigenvalue weighted by atomic mass is 9.94. The third-order valence-corrected chi connectivity index (χ3v) is 3.23. The first-order valence-corrected chi connectivity index (χ1v) is 6.44. The minimum atomic E-state index is -0.573. The lowest BCUT2D eigenvalue weighted by Gasteiger charge is -2.14. The van der Waals surface area contributed by atoms with Crippen LogP contribution in [-0.2, 0) is 20.7 Å². The first-order chi connectivity index (χ1) is 9.63. The van der Waals surface area contributed by atoms with Crippen LogP contribution in [0.4, 0.5) is 0 Å². The van der Waals surface area contributed by atoms with Crippen LogP contribution in [0.2, 0.25) is 0 Å². The van der Waals surface area contributed by atoms with Gasteiger partial charge in [0.1, 0.15) is 0 Å². The molecule has 0 spiro atoms. The monoisotopic (exact) mass is 272 g/mol. The Labute approximate surface area is 117 Å². The van der Waals surface area contributed by atoms with Crippen molar-refractivity contribution in [3.8, 4) is 0 Å². The average molecular weight is 272 g/mol. The fourth-order valence-corrected chi connectivity index (χ4v) is 2.16. The molecule has 0 saturated heterocycles. The van der Waals surface area contributed by atoms with E-state index in [1.807, 2.05) is 30.3 Å². The summed E-state index contributed by atoms with van der Waals surface area (Å²) in [6.07, 6.45) is 2.84. The summed E-state index contributed by atoms with van der Waals surface area (Å²) in [4.78, 5) is 23.5. The highest BCUT2D eigenvalue weighted by Crippen LogP contribution is 2.22. The normalized spacial score (nSPS) is 15.3. The molecule has 0 bridgehead atoms.